The minimum absolute atomic E-state index is 0.108. The average Bonchev–Trinajstić information content (AvgIpc) is 2.17. The Balaban J connectivity index is 2.63. The van der Waals surface area contributed by atoms with Gasteiger partial charge in [-0.1, -0.05) is 0 Å². The third kappa shape index (κ3) is 3.51. The van der Waals surface area contributed by atoms with Crippen LogP contribution >= 0.6 is 0 Å². The number of nitrogens with one attached hydrogen (secondary N) is 1. The number of rotatable bonds is 5. The van der Waals surface area contributed by atoms with E-state index in [0.29, 0.717) is 13.0 Å². The SMILES string of the molecule is CC(O)CCNc1nccnc1C(=O)O. The molecule has 0 aliphatic rings. The first-order valence-corrected chi connectivity index (χ1v) is 4.57. The number of nitrogens with zero attached hydrogens (tertiary/aromatic N) is 2. The molecule has 0 fully saturated rings. The van der Waals surface area contributed by atoms with Gasteiger partial charge in [0, 0.05) is 18.9 Å². The molecule has 0 saturated carbocycles. The second-order valence-electron chi connectivity index (χ2n) is 3.12. The number of carbonyl (C=O) groups is 1. The molecule has 0 aliphatic carbocycles. The van der Waals surface area contributed by atoms with Crippen LogP contribution in [0.15, 0.2) is 12.4 Å². The molecule has 1 unspecified atom stereocenters. The molecule has 1 aromatic heterocycles. The van der Waals surface area contributed by atoms with Gasteiger partial charge in [-0.3, -0.25) is 0 Å². The van der Waals surface area contributed by atoms with Crippen molar-refractivity contribution in [3.63, 3.8) is 0 Å². The Morgan fingerprint density at radius 1 is 1.53 bits per heavy atom. The maximum absolute atomic E-state index is 10.7. The summed E-state index contributed by atoms with van der Waals surface area (Å²) in [5.41, 5.74) is -0.108. The number of aromatic nitrogens is 2. The number of aliphatic hydroxyl groups excluding tert-OH is 1. The van der Waals surface area contributed by atoms with Gasteiger partial charge in [-0.2, -0.15) is 0 Å². The van der Waals surface area contributed by atoms with Crippen molar-refractivity contribution in [2.45, 2.75) is 19.4 Å². The van der Waals surface area contributed by atoms with E-state index in [-0.39, 0.29) is 11.5 Å². The van der Waals surface area contributed by atoms with Crippen LogP contribution in [-0.4, -0.2) is 38.8 Å². The summed E-state index contributed by atoms with van der Waals surface area (Å²) in [5, 5.41) is 20.6. The summed E-state index contributed by atoms with van der Waals surface area (Å²) in [6.45, 7) is 2.12. The number of anilines is 1. The van der Waals surface area contributed by atoms with E-state index in [0.717, 1.165) is 0 Å². The maximum atomic E-state index is 10.7. The van der Waals surface area contributed by atoms with E-state index in [9.17, 15) is 4.79 Å². The van der Waals surface area contributed by atoms with Gasteiger partial charge in [0.15, 0.2) is 11.5 Å². The van der Waals surface area contributed by atoms with Crippen LogP contribution in [-0.2, 0) is 0 Å². The molecule has 15 heavy (non-hydrogen) atoms. The summed E-state index contributed by atoms with van der Waals surface area (Å²) in [4.78, 5) is 18.3. The fraction of sp³-hybridized carbons (Fsp3) is 0.444. The fourth-order valence-electron chi connectivity index (χ4n) is 1.02. The molecule has 1 atom stereocenters. The lowest BCUT2D eigenvalue weighted by Gasteiger charge is -2.08. The maximum Gasteiger partial charge on any atom is 0.358 e. The van der Waals surface area contributed by atoms with Crippen molar-refractivity contribution in [2.75, 3.05) is 11.9 Å². The van der Waals surface area contributed by atoms with Crippen LogP contribution in [0.5, 0.6) is 0 Å². The third-order valence-corrected chi connectivity index (χ3v) is 1.76. The van der Waals surface area contributed by atoms with Crippen molar-refractivity contribution >= 4 is 11.8 Å². The number of aliphatic hydroxyl groups is 1. The number of hydrogen-bond acceptors (Lipinski definition) is 5. The van der Waals surface area contributed by atoms with Crippen LogP contribution in [0, 0.1) is 0 Å². The quantitative estimate of drug-likeness (QED) is 0.650. The number of carboxylic acids is 1. The first-order chi connectivity index (χ1) is 7.11. The minimum Gasteiger partial charge on any atom is -0.476 e. The molecule has 0 amide bonds. The van der Waals surface area contributed by atoms with E-state index in [1.54, 1.807) is 6.92 Å². The van der Waals surface area contributed by atoms with Gasteiger partial charge in [-0.15, -0.1) is 0 Å². The zero-order valence-electron chi connectivity index (χ0n) is 8.34. The topological polar surface area (TPSA) is 95.3 Å². The number of hydrogen-bond donors (Lipinski definition) is 3. The van der Waals surface area contributed by atoms with Crippen molar-refractivity contribution in [3.05, 3.63) is 18.1 Å². The van der Waals surface area contributed by atoms with Crippen molar-refractivity contribution in [1.29, 1.82) is 0 Å². The Morgan fingerprint density at radius 3 is 2.80 bits per heavy atom. The Morgan fingerprint density at radius 2 is 2.20 bits per heavy atom. The molecule has 0 aliphatic heterocycles. The fourth-order valence-corrected chi connectivity index (χ4v) is 1.02. The lowest BCUT2D eigenvalue weighted by Crippen LogP contribution is -2.14. The summed E-state index contributed by atoms with van der Waals surface area (Å²) in [6.07, 6.45) is 2.83. The van der Waals surface area contributed by atoms with Crippen LogP contribution < -0.4 is 5.32 Å². The normalized spacial score (nSPS) is 12.1. The highest BCUT2D eigenvalue weighted by Crippen LogP contribution is 2.07. The van der Waals surface area contributed by atoms with E-state index >= 15 is 0 Å². The molecule has 82 valence electrons. The van der Waals surface area contributed by atoms with Gasteiger partial charge in [0.1, 0.15) is 0 Å². The second-order valence-corrected chi connectivity index (χ2v) is 3.12. The molecule has 1 aromatic rings. The molecule has 3 N–H and O–H groups in total. The standard InChI is InChI=1S/C9H13N3O3/c1-6(13)2-3-11-8-7(9(14)15)10-4-5-12-8/h4-6,13H,2-3H2,1H3,(H,11,12)(H,14,15). The first-order valence-electron chi connectivity index (χ1n) is 4.57. The van der Waals surface area contributed by atoms with E-state index in [4.69, 9.17) is 10.2 Å². The molecule has 1 heterocycles. The van der Waals surface area contributed by atoms with E-state index in [2.05, 4.69) is 15.3 Å². The van der Waals surface area contributed by atoms with Crippen LogP contribution in [0.1, 0.15) is 23.8 Å². The van der Waals surface area contributed by atoms with Gasteiger partial charge in [0.2, 0.25) is 0 Å². The first kappa shape index (κ1) is 11.4. The molecular weight excluding hydrogens is 198 g/mol. The molecule has 0 spiro atoms. The molecule has 0 bridgehead atoms. The summed E-state index contributed by atoms with van der Waals surface area (Å²) in [7, 11) is 0. The number of carboxylic acid groups (broad SMARTS) is 1. The Hall–Kier alpha value is -1.69. The monoisotopic (exact) mass is 211 g/mol. The Labute approximate surface area is 87.0 Å². The molecular formula is C9H13N3O3. The van der Waals surface area contributed by atoms with Crippen molar-refractivity contribution < 1.29 is 15.0 Å². The largest absolute Gasteiger partial charge is 0.476 e. The molecule has 1 rings (SSSR count). The summed E-state index contributed by atoms with van der Waals surface area (Å²) in [5.74, 6) is -0.895. The summed E-state index contributed by atoms with van der Waals surface area (Å²) < 4.78 is 0. The molecule has 0 saturated heterocycles. The van der Waals surface area contributed by atoms with Crippen LogP contribution in [0.4, 0.5) is 5.82 Å². The van der Waals surface area contributed by atoms with Crippen LogP contribution in [0.25, 0.3) is 0 Å². The summed E-state index contributed by atoms with van der Waals surface area (Å²) in [6, 6.07) is 0. The van der Waals surface area contributed by atoms with E-state index < -0.39 is 12.1 Å². The van der Waals surface area contributed by atoms with Crippen molar-refractivity contribution in [2.24, 2.45) is 0 Å². The van der Waals surface area contributed by atoms with Crippen molar-refractivity contribution in [1.82, 2.24) is 9.97 Å². The van der Waals surface area contributed by atoms with Crippen molar-refractivity contribution in [3.8, 4) is 0 Å². The lowest BCUT2D eigenvalue weighted by atomic mass is 10.3. The average molecular weight is 211 g/mol. The predicted octanol–water partition coefficient (Wildman–Crippen LogP) is 0.358. The zero-order chi connectivity index (χ0) is 11.3. The summed E-state index contributed by atoms with van der Waals surface area (Å²) >= 11 is 0. The predicted molar refractivity (Wildman–Crippen MR) is 53.8 cm³/mol. The molecule has 6 nitrogen and oxygen atoms in total. The van der Waals surface area contributed by atoms with Gasteiger partial charge < -0.3 is 15.5 Å². The van der Waals surface area contributed by atoms with Gasteiger partial charge in [-0.05, 0) is 13.3 Å². The van der Waals surface area contributed by atoms with Gasteiger partial charge in [0.25, 0.3) is 0 Å². The van der Waals surface area contributed by atoms with E-state index in [1.165, 1.54) is 12.4 Å². The lowest BCUT2D eigenvalue weighted by molar-refractivity contribution is 0.0691. The van der Waals surface area contributed by atoms with Gasteiger partial charge in [-0.25, -0.2) is 14.8 Å². The molecule has 0 aromatic carbocycles. The van der Waals surface area contributed by atoms with Crippen LogP contribution in [0.2, 0.25) is 0 Å². The van der Waals surface area contributed by atoms with Gasteiger partial charge >= 0.3 is 5.97 Å². The van der Waals surface area contributed by atoms with E-state index in [1.807, 2.05) is 0 Å². The molecule has 0 radical (unpaired) electrons. The second kappa shape index (κ2) is 5.26. The Kier molecular flexibility index (Phi) is 3.99. The highest BCUT2D eigenvalue weighted by molar-refractivity contribution is 5.90. The highest BCUT2D eigenvalue weighted by atomic mass is 16.4. The molecule has 6 heteroatoms. The third-order valence-electron chi connectivity index (χ3n) is 1.76. The Bertz CT molecular complexity index is 341. The minimum atomic E-state index is -1.12. The smallest absolute Gasteiger partial charge is 0.358 e. The van der Waals surface area contributed by atoms with Crippen LogP contribution in [0.3, 0.4) is 0 Å². The van der Waals surface area contributed by atoms with Gasteiger partial charge in [0.05, 0.1) is 6.10 Å². The highest BCUT2D eigenvalue weighted by Gasteiger charge is 2.11. The zero-order valence-corrected chi connectivity index (χ0v) is 8.34. The number of aromatic carboxylic acids is 1.